The van der Waals surface area contributed by atoms with Gasteiger partial charge in [-0.15, -0.1) is 0 Å². The summed E-state index contributed by atoms with van der Waals surface area (Å²) in [5, 5.41) is 3.67. The van der Waals surface area contributed by atoms with E-state index in [-0.39, 0.29) is 5.69 Å². The number of unbranched alkanes of at least 4 members (excludes halogenated alkanes) is 4. The Balaban J connectivity index is 1.75. The molecule has 0 amide bonds. The van der Waals surface area contributed by atoms with Gasteiger partial charge in [0.15, 0.2) is 11.5 Å². The average Bonchev–Trinajstić information content (AvgIpc) is 3.24. The van der Waals surface area contributed by atoms with E-state index in [1.165, 1.54) is 25.7 Å². The number of anilines is 1. The van der Waals surface area contributed by atoms with Crippen LogP contribution in [-0.2, 0) is 11.3 Å². The predicted molar refractivity (Wildman–Crippen MR) is 121 cm³/mol. The van der Waals surface area contributed by atoms with Crippen LogP contribution in [0.5, 0.6) is 0 Å². The zero-order valence-corrected chi connectivity index (χ0v) is 17.9. The molecule has 8 heteroatoms. The summed E-state index contributed by atoms with van der Waals surface area (Å²) in [6, 6.07) is 4.55. The number of nitrogens with one attached hydrogen (secondary N) is 2. The highest BCUT2D eigenvalue weighted by Gasteiger charge is 2.21. The van der Waals surface area contributed by atoms with Crippen LogP contribution in [0.15, 0.2) is 21.7 Å². The van der Waals surface area contributed by atoms with Crippen LogP contribution in [0.3, 0.4) is 0 Å². The Labute approximate surface area is 180 Å². The second-order valence-corrected chi connectivity index (χ2v) is 8.46. The van der Waals surface area contributed by atoms with Gasteiger partial charge in [-0.05, 0) is 50.3 Å². The van der Waals surface area contributed by atoms with Crippen LogP contribution in [0.25, 0.3) is 22.6 Å². The first-order chi connectivity index (χ1) is 15.1. The maximum atomic E-state index is 12.4. The Morgan fingerprint density at radius 1 is 1.13 bits per heavy atom. The minimum absolute atomic E-state index is 0.184. The van der Waals surface area contributed by atoms with Crippen molar-refractivity contribution in [1.82, 2.24) is 19.5 Å². The van der Waals surface area contributed by atoms with Gasteiger partial charge >= 0.3 is 5.69 Å². The largest absolute Gasteiger partial charge is 0.382 e. The summed E-state index contributed by atoms with van der Waals surface area (Å²) >= 11 is 0. The number of aryl methyl sites for hydroxylation is 2. The van der Waals surface area contributed by atoms with Gasteiger partial charge in [0.25, 0.3) is 5.56 Å². The van der Waals surface area contributed by atoms with E-state index < -0.39 is 11.2 Å². The van der Waals surface area contributed by atoms with E-state index in [1.807, 2.05) is 17.6 Å². The molecule has 31 heavy (non-hydrogen) atoms. The number of nitrogens with zero attached hydrogens (tertiary/aromatic N) is 3. The number of aldehydes is 1. The summed E-state index contributed by atoms with van der Waals surface area (Å²) in [5.41, 5.74) is 2.74. The summed E-state index contributed by atoms with van der Waals surface area (Å²) in [6.45, 7) is 2.67. The molecule has 0 bridgehead atoms. The first kappa shape index (κ1) is 21.2. The summed E-state index contributed by atoms with van der Waals surface area (Å²) < 4.78 is 1.95. The van der Waals surface area contributed by atoms with Crippen LogP contribution in [0, 0.1) is 6.92 Å². The lowest BCUT2D eigenvalue weighted by Gasteiger charge is -2.20. The molecular formula is C23H29N5O3. The van der Waals surface area contributed by atoms with Crippen molar-refractivity contribution in [3.8, 4) is 11.5 Å². The van der Waals surface area contributed by atoms with Gasteiger partial charge in [-0.3, -0.25) is 9.78 Å². The minimum atomic E-state index is -0.658. The van der Waals surface area contributed by atoms with E-state index in [0.29, 0.717) is 30.3 Å². The molecule has 2 aliphatic heterocycles. The smallest absolute Gasteiger partial charge is 0.349 e. The van der Waals surface area contributed by atoms with Crippen LogP contribution in [0.4, 0.5) is 5.69 Å². The molecule has 0 radical (unpaired) electrons. The monoisotopic (exact) mass is 423 g/mol. The number of hydrogen-bond donors (Lipinski definition) is 2. The van der Waals surface area contributed by atoms with Crippen LogP contribution in [0.2, 0.25) is 0 Å². The van der Waals surface area contributed by atoms with Crippen LogP contribution >= 0.6 is 0 Å². The number of rotatable bonds is 9. The van der Waals surface area contributed by atoms with Crippen molar-refractivity contribution in [2.45, 2.75) is 77.3 Å². The Hall–Kier alpha value is -3.03. The molecule has 2 heterocycles. The number of aromatic nitrogens is 4. The fourth-order valence-corrected chi connectivity index (χ4v) is 4.47. The molecule has 0 atom stereocenters. The predicted octanol–water partition coefficient (Wildman–Crippen LogP) is 3.40. The van der Waals surface area contributed by atoms with Gasteiger partial charge in [0, 0.05) is 24.7 Å². The number of fused-ring (bicyclic) bond motifs is 2. The Morgan fingerprint density at radius 3 is 2.68 bits per heavy atom. The number of carbonyl (C=O) groups excluding carboxylic acids is 1. The van der Waals surface area contributed by atoms with Gasteiger partial charge in [0.2, 0.25) is 0 Å². The molecule has 1 aliphatic carbocycles. The molecule has 1 saturated carbocycles. The summed E-state index contributed by atoms with van der Waals surface area (Å²) in [4.78, 5) is 45.7. The van der Waals surface area contributed by atoms with E-state index in [2.05, 4.69) is 26.3 Å². The summed E-state index contributed by atoms with van der Waals surface area (Å²) in [7, 11) is 0. The first-order valence-corrected chi connectivity index (χ1v) is 11.2. The van der Waals surface area contributed by atoms with Gasteiger partial charge < -0.3 is 14.7 Å². The fraction of sp³-hybridized carbons (Fsp3) is 0.522. The molecule has 1 aromatic rings. The van der Waals surface area contributed by atoms with E-state index in [4.69, 9.17) is 0 Å². The molecule has 2 N–H and O–H groups in total. The lowest BCUT2D eigenvalue weighted by molar-refractivity contribution is -0.107. The van der Waals surface area contributed by atoms with Crippen LogP contribution in [0.1, 0.15) is 63.4 Å². The molecule has 3 aliphatic rings. The lowest BCUT2D eigenvalue weighted by atomic mass is 10.1. The van der Waals surface area contributed by atoms with E-state index >= 15 is 0 Å². The van der Waals surface area contributed by atoms with Gasteiger partial charge in [0.1, 0.15) is 6.29 Å². The SMILES string of the molecule is Cc1cc2nc3c(=O)[nH]c(=O)nc-3n(CCCCCCC=O)c2cc1NC1CCCC1. The quantitative estimate of drug-likeness (QED) is 0.310. The maximum absolute atomic E-state index is 12.4. The molecule has 1 fully saturated rings. The standard InChI is InChI=1S/C23H29N5O3/c1-15-13-18-19(14-17(15)24-16-9-5-6-10-16)28(11-7-3-2-4-8-12-29)21-20(25-18)22(30)27-23(31)26-21/h12-14,16,24H,2-11H2,1H3,(H,27,30,31). The zero-order valence-electron chi connectivity index (χ0n) is 17.9. The second-order valence-electron chi connectivity index (χ2n) is 8.46. The van der Waals surface area contributed by atoms with Crippen molar-refractivity contribution in [1.29, 1.82) is 0 Å². The fourth-order valence-electron chi connectivity index (χ4n) is 4.47. The third kappa shape index (κ3) is 4.68. The molecule has 164 valence electrons. The number of carbonyl (C=O) groups is 1. The van der Waals surface area contributed by atoms with Crippen molar-refractivity contribution in [2.24, 2.45) is 0 Å². The number of benzene rings is 1. The van der Waals surface area contributed by atoms with Crippen molar-refractivity contribution >= 4 is 23.0 Å². The Kier molecular flexibility index (Phi) is 6.44. The first-order valence-electron chi connectivity index (χ1n) is 11.2. The summed E-state index contributed by atoms with van der Waals surface area (Å²) in [6.07, 6.45) is 10.0. The number of H-pyrrole nitrogens is 1. The van der Waals surface area contributed by atoms with Crippen molar-refractivity contribution in [3.05, 3.63) is 38.5 Å². The summed E-state index contributed by atoms with van der Waals surface area (Å²) in [5.74, 6) is 0.324. The molecule has 4 rings (SSSR count). The number of aromatic amines is 1. The van der Waals surface area contributed by atoms with Crippen LogP contribution in [-0.4, -0.2) is 31.8 Å². The second kappa shape index (κ2) is 9.41. The third-order valence-corrected chi connectivity index (χ3v) is 6.12. The highest BCUT2D eigenvalue weighted by atomic mass is 16.2. The molecule has 0 unspecified atom stereocenters. The average molecular weight is 424 g/mol. The number of hydrogen-bond acceptors (Lipinski definition) is 6. The van der Waals surface area contributed by atoms with Gasteiger partial charge in [-0.25, -0.2) is 9.78 Å². The minimum Gasteiger partial charge on any atom is -0.382 e. The molecule has 1 aromatic carbocycles. The van der Waals surface area contributed by atoms with Gasteiger partial charge in [-0.2, -0.15) is 4.98 Å². The van der Waals surface area contributed by atoms with E-state index in [1.54, 1.807) is 0 Å². The van der Waals surface area contributed by atoms with Crippen molar-refractivity contribution in [3.63, 3.8) is 0 Å². The lowest BCUT2D eigenvalue weighted by Crippen LogP contribution is -2.29. The molecule has 8 nitrogen and oxygen atoms in total. The van der Waals surface area contributed by atoms with Gasteiger partial charge in [0.05, 0.1) is 11.0 Å². The zero-order chi connectivity index (χ0) is 21.8. The van der Waals surface area contributed by atoms with Crippen LogP contribution < -0.4 is 16.6 Å². The maximum Gasteiger partial charge on any atom is 0.349 e. The van der Waals surface area contributed by atoms with Crippen molar-refractivity contribution < 1.29 is 4.79 Å². The topological polar surface area (TPSA) is 110 Å². The third-order valence-electron chi connectivity index (χ3n) is 6.12. The molecular weight excluding hydrogens is 394 g/mol. The highest BCUT2D eigenvalue weighted by molar-refractivity contribution is 5.84. The van der Waals surface area contributed by atoms with Gasteiger partial charge in [-0.1, -0.05) is 25.7 Å². The van der Waals surface area contributed by atoms with E-state index in [0.717, 1.165) is 48.7 Å². The van der Waals surface area contributed by atoms with Crippen molar-refractivity contribution in [2.75, 3.05) is 5.32 Å². The Morgan fingerprint density at radius 2 is 1.90 bits per heavy atom. The molecule has 0 saturated heterocycles. The molecule has 0 aromatic heterocycles. The Bertz CT molecular complexity index is 1160. The normalized spacial score (nSPS) is 14.5. The highest BCUT2D eigenvalue weighted by Crippen LogP contribution is 2.29. The molecule has 0 spiro atoms. The van der Waals surface area contributed by atoms with E-state index in [9.17, 15) is 14.4 Å².